The van der Waals surface area contributed by atoms with Crippen LogP contribution in [-0.2, 0) is 27.6 Å². The Kier molecular flexibility index (Phi) is 8.50. The number of nitrogens with zero attached hydrogens (tertiary/aromatic N) is 6. The van der Waals surface area contributed by atoms with Crippen molar-refractivity contribution >= 4 is 36.8 Å². The van der Waals surface area contributed by atoms with Crippen LogP contribution in [-0.4, -0.2) is 71.0 Å². The van der Waals surface area contributed by atoms with Crippen molar-refractivity contribution in [1.82, 2.24) is 24.6 Å². The Morgan fingerprint density at radius 2 is 1.77 bits per heavy atom. The first-order valence-corrected chi connectivity index (χ1v) is 19.1. The van der Waals surface area contributed by atoms with Gasteiger partial charge in [0.15, 0.2) is 5.82 Å². The lowest BCUT2D eigenvalue weighted by atomic mass is 9.77. The molecule has 0 unspecified atom stereocenters. The van der Waals surface area contributed by atoms with Gasteiger partial charge >= 0.3 is 6.09 Å². The molecule has 0 N–H and O–H groups in total. The zero-order valence-electron chi connectivity index (χ0n) is 25.7. The smallest absolute Gasteiger partial charge is 0.410 e. The van der Waals surface area contributed by atoms with E-state index < -0.39 is 13.5 Å². The summed E-state index contributed by atoms with van der Waals surface area (Å²) in [5.74, 6) is 0.702. The lowest BCUT2D eigenvalue weighted by Crippen LogP contribution is -2.46. The van der Waals surface area contributed by atoms with Gasteiger partial charge in [0.1, 0.15) is 13.3 Å². The number of fused-ring (bicyclic) bond motifs is 1. The highest BCUT2D eigenvalue weighted by Crippen LogP contribution is 2.44. The first-order valence-electron chi connectivity index (χ1n) is 15.3. The number of carbonyl (C=O) groups is 2. The minimum absolute atomic E-state index is 0.0701. The number of likely N-dealkylation sites (tertiary alicyclic amines) is 1. The maximum absolute atomic E-state index is 14.1. The number of benzene rings is 1. The molecule has 0 radical (unpaired) electrons. The van der Waals surface area contributed by atoms with E-state index in [9.17, 15) is 9.59 Å². The molecule has 2 aliphatic rings. The second-order valence-electron chi connectivity index (χ2n) is 13.0. The number of hydrogen-bond donors (Lipinski definition) is 0. The minimum Gasteiger partial charge on any atom is -0.445 e. The van der Waals surface area contributed by atoms with E-state index in [1.54, 1.807) is 17.3 Å². The molecule has 0 saturated carbocycles. The standard InChI is InChI=1S/C33H40N6O4Si/c1-44(2,3)19-18-42-24-39-29-22-35-28(26-10-7-14-34-21-26)20-27(29)30(36-39)38-17-13-33(31(38)40)11-15-37(16-12-33)32(41)43-23-25-8-5-4-6-9-25/h4-10,14,20-22H,11-13,15-19,23-24H2,1-3H3. The molecule has 0 bridgehead atoms. The molecule has 6 rings (SSSR count). The first-order chi connectivity index (χ1) is 21.2. The van der Waals surface area contributed by atoms with E-state index >= 15 is 0 Å². The summed E-state index contributed by atoms with van der Waals surface area (Å²) < 4.78 is 13.4. The van der Waals surface area contributed by atoms with Crippen LogP contribution in [0.4, 0.5) is 10.6 Å². The SMILES string of the molecule is C[Si](C)(C)CCOCn1nc(N2CCC3(CCN(C(=O)OCc4ccccc4)CC3)C2=O)c2cc(-c3cccnc3)ncc21. The highest BCUT2D eigenvalue weighted by molar-refractivity contribution is 6.76. The third-order valence-electron chi connectivity index (χ3n) is 8.74. The van der Waals surface area contributed by atoms with E-state index in [1.165, 1.54) is 0 Å². The Morgan fingerprint density at radius 3 is 2.50 bits per heavy atom. The minimum atomic E-state index is -1.23. The molecule has 1 spiro atoms. The van der Waals surface area contributed by atoms with E-state index in [2.05, 4.69) is 24.6 Å². The average molecular weight is 613 g/mol. The second-order valence-corrected chi connectivity index (χ2v) is 18.6. The molecule has 2 aliphatic heterocycles. The number of hydrogen-bond acceptors (Lipinski definition) is 7. The molecule has 3 aromatic heterocycles. The van der Waals surface area contributed by atoms with E-state index in [-0.39, 0.29) is 18.6 Å². The number of piperidine rings is 1. The van der Waals surface area contributed by atoms with Gasteiger partial charge in [0.2, 0.25) is 5.91 Å². The molecule has 2 amide bonds. The van der Waals surface area contributed by atoms with Crippen LogP contribution in [0.15, 0.2) is 67.1 Å². The largest absolute Gasteiger partial charge is 0.445 e. The van der Waals surface area contributed by atoms with Gasteiger partial charge in [-0.05, 0) is 49.1 Å². The van der Waals surface area contributed by atoms with Gasteiger partial charge in [0.05, 0.1) is 22.8 Å². The highest BCUT2D eigenvalue weighted by Gasteiger charge is 2.50. The maximum Gasteiger partial charge on any atom is 0.410 e. The lowest BCUT2D eigenvalue weighted by Gasteiger charge is -2.37. The molecule has 10 nitrogen and oxygen atoms in total. The third-order valence-corrected chi connectivity index (χ3v) is 10.4. The molecule has 230 valence electrons. The number of pyridine rings is 2. The fourth-order valence-corrected chi connectivity index (χ4v) is 6.73. The molecule has 2 fully saturated rings. The Bertz CT molecular complexity index is 1610. The predicted octanol–water partition coefficient (Wildman–Crippen LogP) is 5.96. The fraction of sp³-hybridized carbons (Fsp3) is 0.424. The summed E-state index contributed by atoms with van der Waals surface area (Å²) in [7, 11) is -1.23. The quantitative estimate of drug-likeness (QED) is 0.170. The zero-order valence-corrected chi connectivity index (χ0v) is 26.7. The molecule has 44 heavy (non-hydrogen) atoms. The molecular formula is C33H40N6O4Si. The van der Waals surface area contributed by atoms with Gasteiger partial charge in [-0.15, -0.1) is 0 Å². The van der Waals surface area contributed by atoms with E-state index in [0.717, 1.165) is 40.2 Å². The molecule has 0 aliphatic carbocycles. The van der Waals surface area contributed by atoms with Crippen molar-refractivity contribution in [2.75, 3.05) is 31.1 Å². The zero-order chi connectivity index (χ0) is 30.7. The lowest BCUT2D eigenvalue weighted by molar-refractivity contribution is -0.127. The Balaban J connectivity index is 1.19. The summed E-state index contributed by atoms with van der Waals surface area (Å²) in [5, 5.41) is 5.79. The van der Waals surface area contributed by atoms with Crippen molar-refractivity contribution < 1.29 is 19.1 Å². The van der Waals surface area contributed by atoms with Crippen molar-refractivity contribution in [2.45, 2.75) is 58.3 Å². The van der Waals surface area contributed by atoms with Crippen LogP contribution in [0.2, 0.25) is 25.7 Å². The van der Waals surface area contributed by atoms with Crippen LogP contribution < -0.4 is 4.90 Å². The number of aromatic nitrogens is 4. The van der Waals surface area contributed by atoms with Crippen LogP contribution >= 0.6 is 0 Å². The Morgan fingerprint density at radius 1 is 1.00 bits per heavy atom. The summed E-state index contributed by atoms with van der Waals surface area (Å²) in [5.41, 5.74) is 2.93. The number of anilines is 1. The van der Waals surface area contributed by atoms with Gasteiger partial charge < -0.3 is 14.4 Å². The van der Waals surface area contributed by atoms with Gasteiger partial charge in [-0.25, -0.2) is 9.48 Å². The molecule has 0 atom stereocenters. The molecule has 2 saturated heterocycles. The van der Waals surface area contributed by atoms with Crippen LogP contribution in [0.3, 0.4) is 0 Å². The van der Waals surface area contributed by atoms with Crippen LogP contribution in [0.25, 0.3) is 22.2 Å². The summed E-state index contributed by atoms with van der Waals surface area (Å²) in [6, 6.07) is 16.6. The Hall–Kier alpha value is -4.09. The molecular weight excluding hydrogens is 572 g/mol. The van der Waals surface area contributed by atoms with Gasteiger partial charge in [0.25, 0.3) is 0 Å². The molecule has 4 aromatic rings. The normalized spacial score (nSPS) is 16.7. The molecule has 5 heterocycles. The van der Waals surface area contributed by atoms with Crippen molar-refractivity contribution in [3.8, 4) is 11.3 Å². The third kappa shape index (κ3) is 6.39. The van der Waals surface area contributed by atoms with Crippen molar-refractivity contribution in [3.05, 3.63) is 72.7 Å². The van der Waals surface area contributed by atoms with Crippen LogP contribution in [0, 0.1) is 5.41 Å². The summed E-state index contributed by atoms with van der Waals surface area (Å²) >= 11 is 0. The Labute approximate surface area is 259 Å². The fourth-order valence-electron chi connectivity index (χ4n) is 5.97. The first kappa shape index (κ1) is 30.0. The predicted molar refractivity (Wildman–Crippen MR) is 172 cm³/mol. The topological polar surface area (TPSA) is 103 Å². The summed E-state index contributed by atoms with van der Waals surface area (Å²) in [6.07, 6.45) is 6.92. The van der Waals surface area contributed by atoms with Gasteiger partial charge in [-0.1, -0.05) is 50.0 Å². The monoisotopic (exact) mass is 612 g/mol. The van der Waals surface area contributed by atoms with Crippen LogP contribution in [0.1, 0.15) is 24.8 Å². The number of ether oxygens (including phenoxy) is 2. The van der Waals surface area contributed by atoms with Gasteiger partial charge in [0, 0.05) is 57.7 Å². The van der Waals surface area contributed by atoms with E-state index in [0.29, 0.717) is 51.6 Å². The van der Waals surface area contributed by atoms with Gasteiger partial charge in [-0.2, -0.15) is 5.10 Å². The van der Waals surface area contributed by atoms with Crippen molar-refractivity contribution in [1.29, 1.82) is 0 Å². The van der Waals surface area contributed by atoms with E-state index in [1.807, 2.05) is 64.3 Å². The summed E-state index contributed by atoms with van der Waals surface area (Å²) in [4.78, 5) is 39.4. The number of carbonyl (C=O) groups excluding carboxylic acids is 2. The van der Waals surface area contributed by atoms with Crippen molar-refractivity contribution in [2.24, 2.45) is 5.41 Å². The van der Waals surface area contributed by atoms with Crippen molar-refractivity contribution in [3.63, 3.8) is 0 Å². The van der Waals surface area contributed by atoms with E-state index in [4.69, 9.17) is 19.6 Å². The maximum atomic E-state index is 14.1. The number of amides is 2. The number of rotatable bonds is 9. The molecule has 1 aromatic carbocycles. The van der Waals surface area contributed by atoms with Crippen LogP contribution in [0.5, 0.6) is 0 Å². The average Bonchev–Trinajstić information content (AvgIpc) is 3.55. The van der Waals surface area contributed by atoms with Gasteiger partial charge in [-0.3, -0.25) is 19.7 Å². The highest BCUT2D eigenvalue weighted by atomic mass is 28.3. The molecule has 11 heteroatoms. The summed E-state index contributed by atoms with van der Waals surface area (Å²) in [6.45, 7) is 9.74. The second kappa shape index (κ2) is 12.5.